The fraction of sp³-hybridized carbons (Fsp3) is 0.273. The number of likely N-dealkylation sites (N-methyl/N-ethyl adjacent to an activating group) is 1. The maximum atomic E-state index is 13.0. The zero-order chi connectivity index (χ0) is 11.4. The Kier molecular flexibility index (Phi) is 3.58. The minimum atomic E-state index is -0.205. The van der Waals surface area contributed by atoms with Crippen LogP contribution >= 0.6 is 11.5 Å². The molecule has 1 N–H and O–H groups in total. The molecule has 1 unspecified atom stereocenters. The Hall–Kier alpha value is -1.33. The van der Waals surface area contributed by atoms with Crippen LogP contribution in [0.2, 0.25) is 0 Å². The molecule has 2 aromatic rings. The molecular formula is C11H12FN3S. The van der Waals surface area contributed by atoms with Gasteiger partial charge in [0.1, 0.15) is 5.82 Å². The van der Waals surface area contributed by atoms with Crippen molar-refractivity contribution in [2.75, 3.05) is 7.05 Å². The minimum absolute atomic E-state index is 0.0838. The highest BCUT2D eigenvalue weighted by Crippen LogP contribution is 2.17. The molecule has 0 aliphatic heterocycles. The largest absolute Gasteiger partial charge is 0.311 e. The van der Waals surface area contributed by atoms with Crippen molar-refractivity contribution >= 4 is 11.5 Å². The van der Waals surface area contributed by atoms with Crippen molar-refractivity contribution in [3.8, 4) is 0 Å². The molecule has 0 bridgehead atoms. The summed E-state index contributed by atoms with van der Waals surface area (Å²) in [5.41, 5.74) is 1.85. The molecule has 5 heteroatoms. The Morgan fingerprint density at radius 3 is 3.00 bits per heavy atom. The zero-order valence-electron chi connectivity index (χ0n) is 8.85. The highest BCUT2D eigenvalue weighted by molar-refractivity contribution is 7.03. The molecule has 0 saturated heterocycles. The van der Waals surface area contributed by atoms with E-state index in [-0.39, 0.29) is 11.9 Å². The van der Waals surface area contributed by atoms with Crippen LogP contribution in [0.5, 0.6) is 0 Å². The number of nitrogens with one attached hydrogen (secondary N) is 1. The molecule has 2 rings (SSSR count). The lowest BCUT2D eigenvalue weighted by atomic mass is 10.0. The van der Waals surface area contributed by atoms with E-state index in [4.69, 9.17) is 0 Å². The first kappa shape index (κ1) is 11.2. The molecule has 0 amide bonds. The predicted molar refractivity (Wildman–Crippen MR) is 61.8 cm³/mol. The van der Waals surface area contributed by atoms with Crippen LogP contribution in [0.1, 0.15) is 17.3 Å². The van der Waals surface area contributed by atoms with Gasteiger partial charge in [-0.3, -0.25) is 0 Å². The SMILES string of the molecule is CNC(Cc1cccc(F)c1)c1csnn1. The summed E-state index contributed by atoms with van der Waals surface area (Å²) in [7, 11) is 1.86. The van der Waals surface area contributed by atoms with Gasteiger partial charge in [0.15, 0.2) is 0 Å². The number of hydrogen-bond donors (Lipinski definition) is 1. The van der Waals surface area contributed by atoms with Crippen LogP contribution in [0.25, 0.3) is 0 Å². The van der Waals surface area contributed by atoms with E-state index in [1.165, 1.54) is 17.6 Å². The summed E-state index contributed by atoms with van der Waals surface area (Å²) in [6, 6.07) is 6.71. The van der Waals surface area contributed by atoms with Crippen LogP contribution in [0.15, 0.2) is 29.6 Å². The molecule has 0 saturated carbocycles. The lowest BCUT2D eigenvalue weighted by Gasteiger charge is -2.13. The lowest BCUT2D eigenvalue weighted by molar-refractivity contribution is 0.569. The van der Waals surface area contributed by atoms with E-state index in [1.807, 2.05) is 18.5 Å². The highest BCUT2D eigenvalue weighted by atomic mass is 32.1. The van der Waals surface area contributed by atoms with Gasteiger partial charge in [-0.15, -0.1) is 5.10 Å². The van der Waals surface area contributed by atoms with Crippen LogP contribution in [-0.2, 0) is 6.42 Å². The van der Waals surface area contributed by atoms with Gasteiger partial charge in [-0.25, -0.2) is 4.39 Å². The summed E-state index contributed by atoms with van der Waals surface area (Å²) >= 11 is 1.32. The summed E-state index contributed by atoms with van der Waals surface area (Å²) in [4.78, 5) is 0. The van der Waals surface area contributed by atoms with Gasteiger partial charge in [0.2, 0.25) is 0 Å². The van der Waals surface area contributed by atoms with Gasteiger partial charge >= 0.3 is 0 Å². The van der Waals surface area contributed by atoms with E-state index < -0.39 is 0 Å². The minimum Gasteiger partial charge on any atom is -0.311 e. The standard InChI is InChI=1S/C11H12FN3S/c1-13-10(11-7-16-15-14-11)6-8-3-2-4-9(12)5-8/h2-5,7,10,13H,6H2,1H3. The number of aromatic nitrogens is 2. The summed E-state index contributed by atoms with van der Waals surface area (Å²) < 4.78 is 16.8. The third-order valence-electron chi connectivity index (χ3n) is 2.41. The Bertz CT molecular complexity index is 444. The summed E-state index contributed by atoms with van der Waals surface area (Å²) in [5.74, 6) is -0.205. The normalized spacial score (nSPS) is 12.6. The van der Waals surface area contributed by atoms with Gasteiger partial charge in [0, 0.05) is 5.38 Å². The van der Waals surface area contributed by atoms with Crippen LogP contribution in [0.4, 0.5) is 4.39 Å². The molecule has 0 aliphatic carbocycles. The first-order chi connectivity index (χ1) is 7.79. The second kappa shape index (κ2) is 5.14. The van der Waals surface area contributed by atoms with Crippen molar-refractivity contribution in [1.82, 2.24) is 14.9 Å². The van der Waals surface area contributed by atoms with E-state index in [9.17, 15) is 4.39 Å². The molecule has 1 heterocycles. The average Bonchev–Trinajstić information content (AvgIpc) is 2.79. The number of hydrogen-bond acceptors (Lipinski definition) is 4. The van der Waals surface area contributed by atoms with Crippen molar-refractivity contribution in [3.05, 3.63) is 46.7 Å². The number of benzene rings is 1. The van der Waals surface area contributed by atoms with Crippen molar-refractivity contribution in [3.63, 3.8) is 0 Å². The Balaban J connectivity index is 2.13. The maximum Gasteiger partial charge on any atom is 0.123 e. The Morgan fingerprint density at radius 2 is 2.38 bits per heavy atom. The Labute approximate surface area is 97.5 Å². The van der Waals surface area contributed by atoms with Gasteiger partial charge in [0.25, 0.3) is 0 Å². The topological polar surface area (TPSA) is 37.8 Å². The second-order valence-electron chi connectivity index (χ2n) is 3.51. The molecule has 0 aliphatic rings. The van der Waals surface area contributed by atoms with Crippen molar-refractivity contribution in [2.45, 2.75) is 12.5 Å². The predicted octanol–water partition coefficient (Wildman–Crippen LogP) is 2.18. The van der Waals surface area contributed by atoms with Crippen LogP contribution < -0.4 is 5.32 Å². The fourth-order valence-electron chi connectivity index (χ4n) is 1.58. The van der Waals surface area contributed by atoms with Gasteiger partial charge in [-0.1, -0.05) is 16.6 Å². The first-order valence-corrected chi connectivity index (χ1v) is 5.82. The Morgan fingerprint density at radius 1 is 1.50 bits per heavy atom. The van der Waals surface area contributed by atoms with E-state index in [0.29, 0.717) is 6.42 Å². The van der Waals surface area contributed by atoms with E-state index in [1.54, 1.807) is 12.1 Å². The monoisotopic (exact) mass is 237 g/mol. The average molecular weight is 237 g/mol. The highest BCUT2D eigenvalue weighted by Gasteiger charge is 2.12. The molecule has 0 spiro atoms. The summed E-state index contributed by atoms with van der Waals surface area (Å²) in [5, 5.41) is 9.08. The van der Waals surface area contributed by atoms with Crippen LogP contribution in [0.3, 0.4) is 0 Å². The van der Waals surface area contributed by atoms with Gasteiger partial charge in [0.05, 0.1) is 11.7 Å². The van der Waals surface area contributed by atoms with Crippen molar-refractivity contribution in [1.29, 1.82) is 0 Å². The van der Waals surface area contributed by atoms with Gasteiger partial charge in [-0.2, -0.15) is 0 Å². The van der Waals surface area contributed by atoms with Crippen molar-refractivity contribution in [2.24, 2.45) is 0 Å². The zero-order valence-corrected chi connectivity index (χ0v) is 9.67. The molecule has 3 nitrogen and oxygen atoms in total. The summed E-state index contributed by atoms with van der Waals surface area (Å²) in [6.07, 6.45) is 0.708. The first-order valence-electron chi connectivity index (χ1n) is 4.98. The fourth-order valence-corrected chi connectivity index (χ4v) is 2.09. The molecule has 1 aromatic carbocycles. The maximum absolute atomic E-state index is 13.0. The molecule has 84 valence electrons. The molecule has 0 fully saturated rings. The number of rotatable bonds is 4. The molecule has 0 radical (unpaired) electrons. The van der Waals surface area contributed by atoms with Crippen LogP contribution in [-0.4, -0.2) is 16.6 Å². The van der Waals surface area contributed by atoms with Crippen LogP contribution in [0, 0.1) is 5.82 Å². The third kappa shape index (κ3) is 2.62. The number of nitrogens with zero attached hydrogens (tertiary/aromatic N) is 2. The van der Waals surface area contributed by atoms with Gasteiger partial charge in [-0.05, 0) is 42.7 Å². The smallest absolute Gasteiger partial charge is 0.123 e. The number of halogens is 1. The van der Waals surface area contributed by atoms with E-state index >= 15 is 0 Å². The molecule has 1 aromatic heterocycles. The molecule has 1 atom stereocenters. The quantitative estimate of drug-likeness (QED) is 0.885. The van der Waals surface area contributed by atoms with Gasteiger partial charge < -0.3 is 5.32 Å². The van der Waals surface area contributed by atoms with E-state index in [0.717, 1.165) is 11.3 Å². The third-order valence-corrected chi connectivity index (χ3v) is 2.93. The van der Waals surface area contributed by atoms with Crippen molar-refractivity contribution < 1.29 is 4.39 Å². The molecule has 16 heavy (non-hydrogen) atoms. The lowest BCUT2D eigenvalue weighted by Crippen LogP contribution is -2.19. The second-order valence-corrected chi connectivity index (χ2v) is 4.11. The summed E-state index contributed by atoms with van der Waals surface area (Å²) in [6.45, 7) is 0. The molecular weight excluding hydrogens is 225 g/mol. The van der Waals surface area contributed by atoms with E-state index in [2.05, 4.69) is 14.9 Å².